The van der Waals surface area contributed by atoms with Gasteiger partial charge in [-0.3, -0.25) is 4.79 Å². The molecule has 0 aromatic heterocycles. The molecular formula is C14H18N2O3. The maximum atomic E-state index is 12.3. The third-order valence-electron chi connectivity index (χ3n) is 3.70. The van der Waals surface area contributed by atoms with Gasteiger partial charge in [-0.05, 0) is 31.4 Å². The molecule has 3 N–H and O–H groups in total. The molecule has 1 aromatic rings. The Labute approximate surface area is 112 Å². The van der Waals surface area contributed by atoms with Crippen LogP contribution in [0.1, 0.15) is 29.6 Å². The molecular weight excluding hydrogens is 244 g/mol. The molecule has 2 unspecified atom stereocenters. The van der Waals surface area contributed by atoms with Gasteiger partial charge in [-0.2, -0.15) is 0 Å². The maximum absolute atomic E-state index is 12.3. The fourth-order valence-electron chi connectivity index (χ4n) is 2.67. The first-order valence-corrected chi connectivity index (χ1v) is 6.71. The number of nitrogens with two attached hydrogens (primary N) is 1. The number of carbonyl (C=O) groups excluding carboxylic acids is 1. The monoisotopic (exact) mass is 262 g/mol. The summed E-state index contributed by atoms with van der Waals surface area (Å²) in [5.74, 6) is 1.04. The molecule has 1 amide bonds. The van der Waals surface area contributed by atoms with E-state index >= 15 is 0 Å². The predicted octanol–water partition coefficient (Wildman–Crippen LogP) is 1.07. The van der Waals surface area contributed by atoms with Gasteiger partial charge in [0.05, 0.1) is 5.56 Å². The van der Waals surface area contributed by atoms with Crippen LogP contribution < -0.4 is 20.5 Å². The smallest absolute Gasteiger partial charge is 0.255 e. The van der Waals surface area contributed by atoms with E-state index in [1.54, 1.807) is 12.1 Å². The number of carbonyl (C=O) groups is 1. The van der Waals surface area contributed by atoms with Crippen molar-refractivity contribution in [1.82, 2.24) is 5.32 Å². The van der Waals surface area contributed by atoms with Gasteiger partial charge in [-0.25, -0.2) is 0 Å². The number of amides is 1. The van der Waals surface area contributed by atoms with Crippen LogP contribution in [0.5, 0.6) is 11.5 Å². The third-order valence-corrected chi connectivity index (χ3v) is 3.70. The van der Waals surface area contributed by atoms with E-state index in [1.807, 2.05) is 6.07 Å². The van der Waals surface area contributed by atoms with E-state index in [2.05, 4.69) is 5.32 Å². The van der Waals surface area contributed by atoms with Gasteiger partial charge in [-0.15, -0.1) is 0 Å². The number of benzene rings is 1. The molecule has 0 bridgehead atoms. The topological polar surface area (TPSA) is 73.6 Å². The minimum absolute atomic E-state index is 0.0562. The molecule has 102 valence electrons. The first-order chi connectivity index (χ1) is 9.25. The lowest BCUT2D eigenvalue weighted by atomic mass is 10.1. The summed E-state index contributed by atoms with van der Waals surface area (Å²) in [6, 6.07) is 5.49. The molecule has 2 aliphatic rings. The Kier molecular flexibility index (Phi) is 3.29. The van der Waals surface area contributed by atoms with Gasteiger partial charge in [0.1, 0.15) is 13.2 Å². The number of para-hydroxylation sites is 1. The summed E-state index contributed by atoms with van der Waals surface area (Å²) in [5, 5.41) is 3.00. The summed E-state index contributed by atoms with van der Waals surface area (Å²) in [4.78, 5) is 12.3. The zero-order chi connectivity index (χ0) is 13.2. The second-order valence-corrected chi connectivity index (χ2v) is 5.00. The summed E-state index contributed by atoms with van der Waals surface area (Å²) in [6.45, 7) is 0.992. The normalized spacial score (nSPS) is 25.1. The van der Waals surface area contributed by atoms with Gasteiger partial charge in [0.15, 0.2) is 11.5 Å². The number of nitrogens with one attached hydrogen (secondary N) is 1. The standard InChI is InChI=1S/C14H18N2O3/c15-10-4-2-5-11(10)16-14(17)9-3-1-6-12-13(9)19-8-7-18-12/h1,3,6,10-11H,2,4-5,7-8,15H2,(H,16,17). The lowest BCUT2D eigenvalue weighted by Gasteiger charge is -2.22. The van der Waals surface area contributed by atoms with Crippen molar-refractivity contribution in [2.24, 2.45) is 5.73 Å². The number of hydrogen-bond donors (Lipinski definition) is 2. The SMILES string of the molecule is NC1CCCC1NC(=O)c1cccc2c1OCCO2. The summed E-state index contributed by atoms with van der Waals surface area (Å²) in [5.41, 5.74) is 6.50. The number of hydrogen-bond acceptors (Lipinski definition) is 4. The van der Waals surface area contributed by atoms with Crippen molar-refractivity contribution in [3.05, 3.63) is 23.8 Å². The zero-order valence-corrected chi connectivity index (χ0v) is 10.7. The van der Waals surface area contributed by atoms with Gasteiger partial charge in [0.25, 0.3) is 5.91 Å². The van der Waals surface area contributed by atoms with Crippen LogP contribution in [0.3, 0.4) is 0 Å². The molecule has 0 saturated heterocycles. The van der Waals surface area contributed by atoms with Crippen molar-refractivity contribution < 1.29 is 14.3 Å². The lowest BCUT2D eigenvalue weighted by molar-refractivity contribution is 0.0923. The van der Waals surface area contributed by atoms with Gasteiger partial charge >= 0.3 is 0 Å². The molecule has 1 fully saturated rings. The van der Waals surface area contributed by atoms with Gasteiger partial charge < -0.3 is 20.5 Å². The minimum Gasteiger partial charge on any atom is -0.486 e. The Hall–Kier alpha value is -1.75. The number of fused-ring (bicyclic) bond motifs is 1. The Morgan fingerprint density at radius 3 is 2.89 bits per heavy atom. The number of rotatable bonds is 2. The number of ether oxygens (including phenoxy) is 2. The van der Waals surface area contributed by atoms with Crippen LogP contribution in [0.15, 0.2) is 18.2 Å². The molecule has 1 aliphatic carbocycles. The zero-order valence-electron chi connectivity index (χ0n) is 10.7. The van der Waals surface area contributed by atoms with E-state index in [0.717, 1.165) is 19.3 Å². The van der Waals surface area contributed by atoms with E-state index in [-0.39, 0.29) is 18.0 Å². The quantitative estimate of drug-likeness (QED) is 0.836. The molecule has 5 nitrogen and oxygen atoms in total. The highest BCUT2D eigenvalue weighted by Crippen LogP contribution is 2.33. The van der Waals surface area contributed by atoms with Crippen molar-refractivity contribution >= 4 is 5.91 Å². The van der Waals surface area contributed by atoms with Crippen molar-refractivity contribution in [2.75, 3.05) is 13.2 Å². The molecule has 1 heterocycles. The molecule has 0 spiro atoms. The first kappa shape index (κ1) is 12.3. The van der Waals surface area contributed by atoms with Gasteiger partial charge in [0, 0.05) is 12.1 Å². The molecule has 1 aliphatic heterocycles. The Balaban J connectivity index is 1.80. The van der Waals surface area contributed by atoms with Crippen LogP contribution in [0.2, 0.25) is 0 Å². The van der Waals surface area contributed by atoms with Crippen LogP contribution >= 0.6 is 0 Å². The summed E-state index contributed by atoms with van der Waals surface area (Å²) >= 11 is 0. The van der Waals surface area contributed by atoms with Crippen molar-refractivity contribution in [3.63, 3.8) is 0 Å². The molecule has 1 aromatic carbocycles. The first-order valence-electron chi connectivity index (χ1n) is 6.71. The minimum atomic E-state index is -0.135. The Morgan fingerprint density at radius 2 is 2.11 bits per heavy atom. The van der Waals surface area contributed by atoms with E-state index in [9.17, 15) is 4.79 Å². The fraction of sp³-hybridized carbons (Fsp3) is 0.500. The Morgan fingerprint density at radius 1 is 1.26 bits per heavy atom. The van der Waals surface area contributed by atoms with Gasteiger partial charge in [0.2, 0.25) is 0 Å². The lowest BCUT2D eigenvalue weighted by Crippen LogP contribution is -2.44. The highest BCUT2D eigenvalue weighted by molar-refractivity contribution is 5.98. The van der Waals surface area contributed by atoms with Crippen LogP contribution in [0.4, 0.5) is 0 Å². The molecule has 19 heavy (non-hydrogen) atoms. The highest BCUT2D eigenvalue weighted by Gasteiger charge is 2.27. The summed E-state index contributed by atoms with van der Waals surface area (Å²) in [6.07, 6.45) is 2.98. The second-order valence-electron chi connectivity index (χ2n) is 5.00. The van der Waals surface area contributed by atoms with E-state index in [0.29, 0.717) is 30.3 Å². The molecule has 1 saturated carbocycles. The summed E-state index contributed by atoms with van der Waals surface area (Å²) in [7, 11) is 0. The molecule has 2 atom stereocenters. The highest BCUT2D eigenvalue weighted by atomic mass is 16.6. The van der Waals surface area contributed by atoms with Crippen LogP contribution in [-0.4, -0.2) is 31.2 Å². The van der Waals surface area contributed by atoms with Crippen LogP contribution in [-0.2, 0) is 0 Å². The fourth-order valence-corrected chi connectivity index (χ4v) is 2.67. The van der Waals surface area contributed by atoms with E-state index in [1.165, 1.54) is 0 Å². The molecule has 5 heteroatoms. The average molecular weight is 262 g/mol. The average Bonchev–Trinajstić information content (AvgIpc) is 2.83. The van der Waals surface area contributed by atoms with E-state index < -0.39 is 0 Å². The van der Waals surface area contributed by atoms with Crippen molar-refractivity contribution in [1.29, 1.82) is 0 Å². The molecule has 0 radical (unpaired) electrons. The van der Waals surface area contributed by atoms with Crippen LogP contribution in [0.25, 0.3) is 0 Å². The Bertz CT molecular complexity index is 490. The van der Waals surface area contributed by atoms with Crippen molar-refractivity contribution in [3.8, 4) is 11.5 Å². The molecule has 3 rings (SSSR count). The maximum Gasteiger partial charge on any atom is 0.255 e. The summed E-state index contributed by atoms with van der Waals surface area (Å²) < 4.78 is 11.0. The van der Waals surface area contributed by atoms with Crippen LogP contribution in [0, 0.1) is 0 Å². The predicted molar refractivity (Wildman–Crippen MR) is 70.5 cm³/mol. The third kappa shape index (κ3) is 2.38. The second kappa shape index (κ2) is 5.09. The largest absolute Gasteiger partial charge is 0.486 e. The van der Waals surface area contributed by atoms with Crippen molar-refractivity contribution in [2.45, 2.75) is 31.3 Å². The van der Waals surface area contributed by atoms with E-state index in [4.69, 9.17) is 15.2 Å². The van der Waals surface area contributed by atoms with Gasteiger partial charge in [-0.1, -0.05) is 6.07 Å².